The molecule has 1 aliphatic carbocycles. The number of esters is 1. The van der Waals surface area contributed by atoms with Gasteiger partial charge in [0.2, 0.25) is 0 Å². The van der Waals surface area contributed by atoms with Gasteiger partial charge in [0.05, 0.1) is 10.7 Å². The van der Waals surface area contributed by atoms with Gasteiger partial charge in [-0.3, -0.25) is 14.6 Å². The van der Waals surface area contributed by atoms with Crippen molar-refractivity contribution in [3.05, 3.63) is 64.3 Å². The van der Waals surface area contributed by atoms with Gasteiger partial charge < -0.3 is 15.4 Å². The topological polar surface area (TPSA) is 85.5 Å². The molecule has 206 valence electrons. The van der Waals surface area contributed by atoms with Crippen molar-refractivity contribution in [2.45, 2.75) is 57.9 Å². The number of thiophene rings is 1. The average molecular weight is 566 g/mol. The highest BCUT2D eigenvalue weighted by molar-refractivity contribution is 7.14. The lowest BCUT2D eigenvalue weighted by molar-refractivity contribution is -0.147. The molecule has 1 aromatic carbocycles. The molecule has 6 nitrogen and oxygen atoms in total. The lowest BCUT2D eigenvalue weighted by Crippen LogP contribution is -2.38. The monoisotopic (exact) mass is 565 g/mol. The van der Waals surface area contributed by atoms with Crippen LogP contribution >= 0.6 is 22.9 Å². The van der Waals surface area contributed by atoms with Crippen LogP contribution in [0.1, 0.15) is 62.5 Å². The van der Waals surface area contributed by atoms with Gasteiger partial charge in [-0.15, -0.1) is 11.3 Å². The Bertz CT molecular complexity index is 1360. The first kappa shape index (κ1) is 27.8. The van der Waals surface area contributed by atoms with Crippen LogP contribution in [0.4, 0.5) is 0 Å². The summed E-state index contributed by atoms with van der Waals surface area (Å²) in [6, 6.07) is 11.2. The van der Waals surface area contributed by atoms with E-state index in [1.165, 1.54) is 0 Å². The zero-order valence-corrected chi connectivity index (χ0v) is 24.4. The van der Waals surface area contributed by atoms with Crippen molar-refractivity contribution in [3.8, 4) is 21.6 Å². The number of hydrogen-bond acceptors (Lipinski definition) is 6. The molecule has 1 saturated heterocycles. The Balaban J connectivity index is 1.29. The lowest BCUT2D eigenvalue weighted by atomic mass is 9.98. The average Bonchev–Trinajstić information content (AvgIpc) is 3.58. The molecule has 0 radical (unpaired) electrons. The minimum Gasteiger partial charge on any atom is -0.464 e. The standard InChI is InChI=1S/C31H36ClN3O3S/c1-19(2)28(33)30(37)38-18-31(9-10-31)27-16-21(6-11-34-27)23-15-26(39-17-23)24-5-4-22(14-25(24)32)29(36)35-12-7-20(3)8-13-35/h4-6,11,14-17,19-20,28H,7-10,12-13,18,33H2,1-3H3/t28-/m0/s1. The predicted octanol–water partition coefficient (Wildman–Crippen LogP) is 6.56. The van der Waals surface area contributed by atoms with Crippen molar-refractivity contribution in [2.75, 3.05) is 19.7 Å². The molecule has 0 spiro atoms. The molecule has 39 heavy (non-hydrogen) atoms. The normalized spacial score (nSPS) is 17.7. The number of nitrogens with two attached hydrogens (primary N) is 1. The van der Waals surface area contributed by atoms with E-state index in [9.17, 15) is 9.59 Å². The van der Waals surface area contributed by atoms with Crippen LogP contribution in [0.15, 0.2) is 48.0 Å². The van der Waals surface area contributed by atoms with E-state index in [2.05, 4.69) is 29.4 Å². The summed E-state index contributed by atoms with van der Waals surface area (Å²) in [6.07, 6.45) is 5.77. The largest absolute Gasteiger partial charge is 0.464 e. The number of carbonyl (C=O) groups excluding carboxylic acids is 2. The first-order valence-electron chi connectivity index (χ1n) is 13.7. The Morgan fingerprint density at radius 1 is 1.15 bits per heavy atom. The first-order chi connectivity index (χ1) is 18.7. The predicted molar refractivity (Wildman–Crippen MR) is 157 cm³/mol. The maximum absolute atomic E-state index is 13.0. The van der Waals surface area contributed by atoms with Gasteiger partial charge in [0.1, 0.15) is 12.6 Å². The van der Waals surface area contributed by atoms with Crippen LogP contribution in [0.25, 0.3) is 21.6 Å². The first-order valence-corrected chi connectivity index (χ1v) is 15.0. The van der Waals surface area contributed by atoms with Crippen molar-refractivity contribution >= 4 is 34.8 Å². The number of piperidine rings is 1. The molecule has 1 aliphatic heterocycles. The van der Waals surface area contributed by atoms with E-state index in [1.54, 1.807) is 17.4 Å². The fourth-order valence-electron chi connectivity index (χ4n) is 4.97. The fraction of sp³-hybridized carbons (Fsp3) is 0.452. The van der Waals surface area contributed by atoms with Gasteiger partial charge in [-0.1, -0.05) is 38.4 Å². The summed E-state index contributed by atoms with van der Waals surface area (Å²) < 4.78 is 5.59. The fourth-order valence-corrected chi connectivity index (χ4v) is 6.27. The highest BCUT2D eigenvalue weighted by Crippen LogP contribution is 2.48. The SMILES string of the molecule is CC1CCN(C(=O)c2ccc(-c3cc(-c4ccnc(C5(COC(=O)[C@@H](N)C(C)C)CC5)c4)cs3)c(Cl)c2)CC1. The van der Waals surface area contributed by atoms with Gasteiger partial charge in [0, 0.05) is 40.7 Å². The molecule has 8 heteroatoms. The summed E-state index contributed by atoms with van der Waals surface area (Å²) in [5.41, 5.74) is 10.3. The smallest absolute Gasteiger partial charge is 0.323 e. The van der Waals surface area contributed by atoms with Crippen LogP contribution in [-0.2, 0) is 14.9 Å². The van der Waals surface area contributed by atoms with Crippen molar-refractivity contribution < 1.29 is 14.3 Å². The summed E-state index contributed by atoms with van der Waals surface area (Å²) in [5.74, 6) is 0.401. The Morgan fingerprint density at radius 2 is 1.90 bits per heavy atom. The molecule has 0 bridgehead atoms. The Kier molecular flexibility index (Phi) is 8.13. The number of pyridine rings is 1. The Morgan fingerprint density at radius 3 is 2.56 bits per heavy atom. The van der Waals surface area contributed by atoms with Crippen LogP contribution < -0.4 is 5.73 Å². The lowest BCUT2D eigenvalue weighted by Gasteiger charge is -2.30. The molecule has 2 aromatic heterocycles. The number of halogens is 1. The summed E-state index contributed by atoms with van der Waals surface area (Å²) >= 11 is 8.32. The molecule has 1 atom stereocenters. The van der Waals surface area contributed by atoms with E-state index in [1.807, 2.05) is 43.1 Å². The third kappa shape index (κ3) is 6.06. The van der Waals surface area contributed by atoms with Crippen LogP contribution in [0.3, 0.4) is 0 Å². The van der Waals surface area contributed by atoms with Gasteiger partial charge in [0.15, 0.2) is 0 Å². The number of benzene rings is 1. The third-order valence-electron chi connectivity index (χ3n) is 8.12. The number of carbonyl (C=O) groups is 2. The summed E-state index contributed by atoms with van der Waals surface area (Å²) in [5, 5.41) is 2.69. The molecule has 0 unspecified atom stereocenters. The number of nitrogens with zero attached hydrogens (tertiary/aromatic N) is 2. The van der Waals surface area contributed by atoms with E-state index in [0.29, 0.717) is 23.1 Å². The van der Waals surface area contributed by atoms with Gasteiger partial charge in [0.25, 0.3) is 5.91 Å². The number of rotatable bonds is 8. The van der Waals surface area contributed by atoms with Gasteiger partial charge in [-0.2, -0.15) is 0 Å². The van der Waals surface area contributed by atoms with Crippen LogP contribution in [0.2, 0.25) is 5.02 Å². The van der Waals surface area contributed by atoms with Gasteiger partial charge in [-0.05, 0) is 84.4 Å². The zero-order chi connectivity index (χ0) is 27.7. The number of ether oxygens (including phenoxy) is 1. The second kappa shape index (κ2) is 11.4. The maximum atomic E-state index is 13.0. The van der Waals surface area contributed by atoms with Crippen molar-refractivity contribution in [3.63, 3.8) is 0 Å². The molecule has 1 saturated carbocycles. The van der Waals surface area contributed by atoms with E-state index in [4.69, 9.17) is 22.1 Å². The highest BCUT2D eigenvalue weighted by Gasteiger charge is 2.47. The van der Waals surface area contributed by atoms with E-state index in [-0.39, 0.29) is 23.2 Å². The molecule has 3 aromatic rings. The quantitative estimate of drug-likeness (QED) is 0.313. The molecule has 2 N–H and O–H groups in total. The molecule has 2 aliphatic rings. The molecular weight excluding hydrogens is 530 g/mol. The van der Waals surface area contributed by atoms with Crippen LogP contribution in [0, 0.1) is 11.8 Å². The van der Waals surface area contributed by atoms with Crippen molar-refractivity contribution in [1.29, 1.82) is 0 Å². The summed E-state index contributed by atoms with van der Waals surface area (Å²) in [6.45, 7) is 7.97. The number of likely N-dealkylation sites (tertiary alicyclic amines) is 1. The highest BCUT2D eigenvalue weighted by atomic mass is 35.5. The number of hydrogen-bond donors (Lipinski definition) is 1. The van der Waals surface area contributed by atoms with E-state index in [0.717, 1.165) is 66.0 Å². The minimum atomic E-state index is -0.614. The summed E-state index contributed by atoms with van der Waals surface area (Å²) in [4.78, 5) is 32.9. The molecule has 5 rings (SSSR count). The van der Waals surface area contributed by atoms with Gasteiger partial charge >= 0.3 is 5.97 Å². The third-order valence-corrected chi connectivity index (χ3v) is 9.40. The second-order valence-electron chi connectivity index (χ2n) is 11.5. The zero-order valence-electron chi connectivity index (χ0n) is 22.8. The summed E-state index contributed by atoms with van der Waals surface area (Å²) in [7, 11) is 0. The molecule has 2 fully saturated rings. The molecular formula is C31H36ClN3O3S. The Labute approximate surface area is 239 Å². The van der Waals surface area contributed by atoms with E-state index >= 15 is 0 Å². The van der Waals surface area contributed by atoms with Gasteiger partial charge in [-0.25, -0.2) is 0 Å². The van der Waals surface area contributed by atoms with E-state index < -0.39 is 6.04 Å². The van der Waals surface area contributed by atoms with Crippen LogP contribution in [-0.4, -0.2) is 47.5 Å². The maximum Gasteiger partial charge on any atom is 0.323 e. The number of aromatic nitrogens is 1. The van der Waals surface area contributed by atoms with Crippen molar-refractivity contribution in [1.82, 2.24) is 9.88 Å². The molecule has 3 heterocycles. The molecule has 1 amide bonds. The Hall–Kier alpha value is -2.74. The minimum absolute atomic E-state index is 0.0330. The van der Waals surface area contributed by atoms with Crippen molar-refractivity contribution in [2.24, 2.45) is 17.6 Å². The van der Waals surface area contributed by atoms with Crippen LogP contribution in [0.5, 0.6) is 0 Å². The number of amides is 1. The second-order valence-corrected chi connectivity index (χ2v) is 12.8.